The maximum atomic E-state index is 14.3. The number of ketones is 2. The molecule has 0 N–H and O–H groups in total. The Labute approximate surface area is 424 Å². The quantitative estimate of drug-likeness (QED) is 0.0383. The first kappa shape index (κ1) is 60.1. The molecule has 15 atom stereocenters. The summed E-state index contributed by atoms with van der Waals surface area (Å²) in [6.07, 6.45) is 11.6. The van der Waals surface area contributed by atoms with E-state index in [1.807, 2.05) is 6.08 Å². The summed E-state index contributed by atoms with van der Waals surface area (Å²) in [5, 5.41) is -0.151. The smallest absolute Gasteiger partial charge is 0.192 e. The van der Waals surface area contributed by atoms with E-state index in [1.165, 1.54) is 5.57 Å². The molecule has 0 saturated carbocycles. The Balaban J connectivity index is 1.54. The maximum Gasteiger partial charge on any atom is 0.192 e. The third-order valence-electron chi connectivity index (χ3n) is 17.1. The zero-order chi connectivity index (χ0) is 51.8. The van der Waals surface area contributed by atoms with Gasteiger partial charge in [-0.1, -0.05) is 109 Å². The molecule has 9 nitrogen and oxygen atoms in total. The van der Waals surface area contributed by atoms with Crippen molar-refractivity contribution in [1.29, 1.82) is 0 Å². The second kappa shape index (κ2) is 25.6. The molecule has 396 valence electrons. The van der Waals surface area contributed by atoms with Gasteiger partial charge in [-0.2, -0.15) is 0 Å². The van der Waals surface area contributed by atoms with Crippen LogP contribution in [-0.2, 0) is 42.1 Å². The Kier molecular flexibility index (Phi) is 22.3. The predicted molar refractivity (Wildman–Crippen MR) is 288 cm³/mol. The molecule has 0 aromatic carbocycles. The highest BCUT2D eigenvalue weighted by molar-refractivity contribution is 6.74. The van der Waals surface area contributed by atoms with Crippen LogP contribution in [0.1, 0.15) is 173 Å². The maximum absolute atomic E-state index is 14.3. The highest BCUT2D eigenvalue weighted by atomic mass is 28.4. The zero-order valence-electron chi connectivity index (χ0n) is 47.2. The van der Waals surface area contributed by atoms with E-state index in [0.717, 1.165) is 56.9 Å². The van der Waals surface area contributed by atoms with Gasteiger partial charge in [0, 0.05) is 38.2 Å². The lowest BCUT2D eigenvalue weighted by atomic mass is 9.83. The summed E-state index contributed by atoms with van der Waals surface area (Å²) in [5.74, 6) is 1.65. The van der Waals surface area contributed by atoms with E-state index in [4.69, 9.17) is 32.5 Å². The van der Waals surface area contributed by atoms with Gasteiger partial charge in [-0.25, -0.2) is 0 Å². The minimum absolute atomic E-state index is 0.00735. The van der Waals surface area contributed by atoms with Crippen LogP contribution in [-0.4, -0.2) is 102 Å². The SMILES string of the molecule is C=C=C(C)C[C@@H](C)CC[C@@H]1OC(CCC(=O)/C=C/[C@H](C)[C@@H]2O[C@H]3CC[C@H](CC(=O)C[C@@H]4[C@@H](OC)[C@@H](C[C@@H](C)CC)O[C@H]4CC(C)C)O[C@@H]3[C@H](O[Si](C)(C)C(C)(C)C)[C@@H]2O[Si](C)(C)C(C)(C)C)CC1=C. The molecule has 0 spiro atoms. The van der Waals surface area contributed by atoms with Crippen molar-refractivity contribution in [2.75, 3.05) is 7.11 Å². The molecule has 0 aliphatic carbocycles. The molecule has 4 fully saturated rings. The van der Waals surface area contributed by atoms with E-state index in [1.54, 1.807) is 13.2 Å². The lowest BCUT2D eigenvalue weighted by Crippen LogP contribution is -2.67. The Hall–Kier alpha value is -1.51. The topological polar surface area (TPSA) is 98.8 Å². The summed E-state index contributed by atoms with van der Waals surface area (Å²) in [4.78, 5) is 27.9. The van der Waals surface area contributed by atoms with Crippen molar-refractivity contribution in [1.82, 2.24) is 0 Å². The Morgan fingerprint density at radius 2 is 1.45 bits per heavy atom. The number of carbonyl (C=O) groups is 2. The van der Waals surface area contributed by atoms with E-state index in [2.05, 4.69) is 135 Å². The molecule has 11 heteroatoms. The van der Waals surface area contributed by atoms with Crippen LogP contribution < -0.4 is 0 Å². The van der Waals surface area contributed by atoms with Gasteiger partial charge in [0.05, 0.1) is 54.9 Å². The standard InChI is InChI=1S/C58H102O9Si2/c1-21-38(5)32-40(7)23-29-48-42(9)34-45(62-48)27-26-43(59)25-24-41(8)52-55(66-68(17,18)57(10,11)12)56(67-69(19,20)58(13,14)15)54-49(65-52)30-28-46(63-54)35-44(60)36-47-50(31-37(3)4)64-51(53(47)61-16)33-39(6)22-2/h24-25,37,39-41,45-56H,1,9,22-23,26-36H2,2-8,10-20H3/b25-24+/t39-,40-,41-,45?,46+,47-,48-,49-,50-,51+,52-,53+,54-,55+,56-/m0/s1. The van der Waals surface area contributed by atoms with Crippen molar-refractivity contribution in [2.24, 2.45) is 29.6 Å². The Morgan fingerprint density at radius 1 is 0.812 bits per heavy atom. The monoisotopic (exact) mass is 999 g/mol. The largest absolute Gasteiger partial charge is 0.409 e. The molecule has 4 aliphatic heterocycles. The molecular weight excluding hydrogens is 897 g/mol. The number of hydrogen-bond donors (Lipinski definition) is 0. The van der Waals surface area contributed by atoms with Gasteiger partial charge in [0.1, 0.15) is 18.0 Å². The molecule has 0 radical (unpaired) electrons. The lowest BCUT2D eigenvalue weighted by molar-refractivity contribution is -0.262. The summed E-state index contributed by atoms with van der Waals surface area (Å²) in [6, 6.07) is 0. The molecule has 4 rings (SSSR count). The highest BCUT2D eigenvalue weighted by Crippen LogP contribution is 2.47. The summed E-state index contributed by atoms with van der Waals surface area (Å²) in [7, 11) is -3.05. The predicted octanol–water partition coefficient (Wildman–Crippen LogP) is 14.1. The molecule has 0 aromatic heterocycles. The summed E-state index contributed by atoms with van der Waals surface area (Å²) >= 11 is 0. The fourth-order valence-electron chi connectivity index (χ4n) is 10.5. The van der Waals surface area contributed by atoms with Gasteiger partial charge in [0.2, 0.25) is 0 Å². The molecule has 1 unspecified atom stereocenters. The summed E-state index contributed by atoms with van der Waals surface area (Å²) < 4.78 is 48.7. The van der Waals surface area contributed by atoms with Crippen LogP contribution in [0.25, 0.3) is 0 Å². The van der Waals surface area contributed by atoms with Crippen molar-refractivity contribution in [2.45, 2.75) is 277 Å². The molecule has 4 saturated heterocycles. The number of ether oxygens (including phenoxy) is 5. The van der Waals surface area contributed by atoms with Crippen molar-refractivity contribution in [3.05, 3.63) is 42.2 Å². The molecule has 4 aliphatic rings. The summed E-state index contributed by atoms with van der Waals surface area (Å²) in [5.41, 5.74) is 5.35. The zero-order valence-corrected chi connectivity index (χ0v) is 49.2. The number of allylic oxidation sites excluding steroid dienone is 2. The van der Waals surface area contributed by atoms with Crippen LogP contribution in [0.5, 0.6) is 0 Å². The van der Waals surface area contributed by atoms with Gasteiger partial charge in [0.15, 0.2) is 22.4 Å². The number of methoxy groups -OCH3 is 1. The molecule has 0 amide bonds. The lowest BCUT2D eigenvalue weighted by Gasteiger charge is -2.55. The Morgan fingerprint density at radius 3 is 2.03 bits per heavy atom. The number of Topliss-reactive ketones (excluding diaryl/α,β-unsaturated/α-hetero) is 1. The fraction of sp³-hybridized carbons (Fsp3) is 0.845. The van der Waals surface area contributed by atoms with Gasteiger partial charge in [-0.05, 0) is 136 Å². The number of fused-ring (bicyclic) bond motifs is 1. The van der Waals surface area contributed by atoms with Crippen molar-refractivity contribution in [3.8, 4) is 0 Å². The fourth-order valence-corrected chi connectivity index (χ4v) is 13.1. The molecule has 4 heterocycles. The second-order valence-corrected chi connectivity index (χ2v) is 35.2. The molecule has 0 bridgehead atoms. The van der Waals surface area contributed by atoms with Crippen molar-refractivity contribution >= 4 is 28.2 Å². The van der Waals surface area contributed by atoms with Gasteiger partial charge < -0.3 is 32.5 Å². The van der Waals surface area contributed by atoms with Crippen LogP contribution in [0.15, 0.2) is 42.2 Å². The average Bonchev–Trinajstić information content (AvgIpc) is 3.76. The van der Waals surface area contributed by atoms with Crippen molar-refractivity contribution < 1.29 is 42.1 Å². The second-order valence-electron chi connectivity index (χ2n) is 25.7. The van der Waals surface area contributed by atoms with E-state index >= 15 is 0 Å². The van der Waals surface area contributed by atoms with Crippen LogP contribution >= 0.6 is 0 Å². The van der Waals surface area contributed by atoms with E-state index in [0.29, 0.717) is 49.9 Å². The molecule has 0 aromatic rings. The van der Waals surface area contributed by atoms with Gasteiger partial charge in [0.25, 0.3) is 0 Å². The number of hydrogen-bond acceptors (Lipinski definition) is 9. The van der Waals surface area contributed by atoms with Crippen molar-refractivity contribution in [3.63, 3.8) is 0 Å². The first-order valence-corrected chi connectivity index (χ1v) is 33.1. The Bertz CT molecular complexity index is 1750. The number of carbonyl (C=O) groups excluding carboxylic acids is 2. The number of rotatable bonds is 25. The molecular formula is C58H102O9Si2. The van der Waals surface area contributed by atoms with Gasteiger partial charge in [-0.3, -0.25) is 9.59 Å². The summed E-state index contributed by atoms with van der Waals surface area (Å²) in [6.45, 7) is 46.4. The van der Waals surface area contributed by atoms with Gasteiger partial charge in [-0.15, -0.1) is 5.73 Å². The van der Waals surface area contributed by atoms with E-state index in [9.17, 15) is 9.59 Å². The normalized spacial score (nSPS) is 31.7. The minimum Gasteiger partial charge on any atom is -0.409 e. The first-order valence-electron chi connectivity index (χ1n) is 27.3. The van der Waals surface area contributed by atoms with Gasteiger partial charge >= 0.3 is 0 Å². The van der Waals surface area contributed by atoms with E-state index < -0.39 is 34.9 Å². The highest BCUT2D eigenvalue weighted by Gasteiger charge is 2.56. The first-order chi connectivity index (χ1) is 32.0. The van der Waals surface area contributed by atoms with Crippen LogP contribution in [0.4, 0.5) is 0 Å². The average molecular weight is 1000 g/mol. The van der Waals surface area contributed by atoms with E-state index in [-0.39, 0.29) is 82.3 Å². The molecule has 69 heavy (non-hydrogen) atoms. The van der Waals surface area contributed by atoms with Crippen LogP contribution in [0, 0.1) is 29.6 Å². The third-order valence-corrected chi connectivity index (χ3v) is 26.1. The minimum atomic E-state index is -2.41. The third kappa shape index (κ3) is 16.8. The van der Waals surface area contributed by atoms with Crippen LogP contribution in [0.3, 0.4) is 0 Å². The van der Waals surface area contributed by atoms with Crippen LogP contribution in [0.2, 0.25) is 36.3 Å².